The minimum Gasteiger partial charge on any atom is -0.493 e. The van der Waals surface area contributed by atoms with Gasteiger partial charge in [0.2, 0.25) is 11.7 Å². The average Bonchev–Trinajstić information content (AvgIpc) is 3.13. The van der Waals surface area contributed by atoms with Crippen LogP contribution in [0.15, 0.2) is 12.1 Å². The standard InChI is InChI=1S/C26H37NO5/c1-5-7-21(28)27-24-25(2,3)17-14-18-22(32-11-8-26(18,24)15-17)16-12-19(29-4)23-20(13-16)30-9-6-10-31-23/h12-13,17-18,22,24H,5-11,14-15H2,1-4H3,(H,27,28)/t17-,18-,22-,24+,26-/m1/s1. The van der Waals surface area contributed by atoms with Crippen molar-refractivity contribution >= 4 is 5.91 Å². The first kappa shape index (κ1) is 21.9. The molecule has 2 heterocycles. The van der Waals surface area contributed by atoms with Gasteiger partial charge in [-0.15, -0.1) is 0 Å². The van der Waals surface area contributed by atoms with E-state index in [9.17, 15) is 4.79 Å². The number of amides is 1. The van der Waals surface area contributed by atoms with E-state index in [1.165, 1.54) is 6.42 Å². The van der Waals surface area contributed by atoms with Gasteiger partial charge in [0.25, 0.3) is 0 Å². The predicted molar refractivity (Wildman–Crippen MR) is 121 cm³/mol. The zero-order chi connectivity index (χ0) is 22.5. The Morgan fingerprint density at radius 2 is 2.03 bits per heavy atom. The average molecular weight is 444 g/mol. The Kier molecular flexibility index (Phi) is 5.55. The second-order valence-electron chi connectivity index (χ2n) is 10.7. The van der Waals surface area contributed by atoms with E-state index < -0.39 is 0 Å². The van der Waals surface area contributed by atoms with Crippen molar-refractivity contribution < 1.29 is 23.7 Å². The van der Waals surface area contributed by atoms with Crippen LogP contribution in [0.4, 0.5) is 0 Å². The Labute approximate surface area is 191 Å². The number of carbonyl (C=O) groups is 1. The lowest BCUT2D eigenvalue weighted by Gasteiger charge is -2.53. The molecular weight excluding hydrogens is 406 g/mol. The zero-order valence-electron chi connectivity index (χ0n) is 19.9. The predicted octanol–water partition coefficient (Wildman–Crippen LogP) is 4.66. The van der Waals surface area contributed by atoms with Crippen LogP contribution in [-0.4, -0.2) is 38.9 Å². The summed E-state index contributed by atoms with van der Waals surface area (Å²) >= 11 is 0. The highest BCUT2D eigenvalue weighted by atomic mass is 16.5. The summed E-state index contributed by atoms with van der Waals surface area (Å²) in [6.07, 6.45) is 5.61. The van der Waals surface area contributed by atoms with Crippen molar-refractivity contribution in [2.75, 3.05) is 26.9 Å². The molecule has 4 aliphatic rings. The highest BCUT2D eigenvalue weighted by Gasteiger charge is 2.68. The fraction of sp³-hybridized carbons (Fsp3) is 0.731. The number of benzene rings is 1. The summed E-state index contributed by atoms with van der Waals surface area (Å²) in [5, 5.41) is 3.48. The van der Waals surface area contributed by atoms with E-state index >= 15 is 0 Å². The van der Waals surface area contributed by atoms with Crippen molar-refractivity contribution in [2.24, 2.45) is 22.7 Å². The van der Waals surface area contributed by atoms with Crippen molar-refractivity contribution in [3.63, 3.8) is 0 Å². The van der Waals surface area contributed by atoms with Gasteiger partial charge >= 0.3 is 0 Å². The van der Waals surface area contributed by atoms with Crippen molar-refractivity contribution in [3.8, 4) is 17.2 Å². The number of hydrogen-bond acceptors (Lipinski definition) is 5. The maximum atomic E-state index is 12.7. The van der Waals surface area contributed by atoms with Gasteiger partial charge < -0.3 is 24.3 Å². The van der Waals surface area contributed by atoms with Gasteiger partial charge in [0.15, 0.2) is 11.5 Å². The molecule has 0 aromatic heterocycles. The summed E-state index contributed by atoms with van der Waals surface area (Å²) in [6, 6.07) is 4.35. The van der Waals surface area contributed by atoms with Gasteiger partial charge in [-0.1, -0.05) is 20.8 Å². The molecule has 6 heteroatoms. The molecule has 1 aromatic rings. The highest BCUT2D eigenvalue weighted by Crippen LogP contribution is 2.70. The highest BCUT2D eigenvalue weighted by molar-refractivity contribution is 5.76. The van der Waals surface area contributed by atoms with Gasteiger partial charge in [-0.3, -0.25) is 4.79 Å². The number of ether oxygens (including phenoxy) is 4. The van der Waals surface area contributed by atoms with Crippen LogP contribution in [0.3, 0.4) is 0 Å². The topological polar surface area (TPSA) is 66.0 Å². The first-order valence-electron chi connectivity index (χ1n) is 12.3. The van der Waals surface area contributed by atoms with Gasteiger partial charge in [0.05, 0.1) is 26.4 Å². The van der Waals surface area contributed by atoms with Crippen LogP contribution in [-0.2, 0) is 9.53 Å². The molecule has 0 radical (unpaired) electrons. The first-order chi connectivity index (χ1) is 15.4. The monoisotopic (exact) mass is 443 g/mol. The molecule has 2 bridgehead atoms. The van der Waals surface area contributed by atoms with Crippen LogP contribution in [0.2, 0.25) is 0 Å². The molecule has 1 saturated heterocycles. The minimum absolute atomic E-state index is 0.0264. The van der Waals surface area contributed by atoms with Crippen LogP contribution in [0.25, 0.3) is 0 Å². The number of nitrogens with one attached hydrogen (secondary N) is 1. The van der Waals surface area contributed by atoms with Crippen LogP contribution in [0.1, 0.15) is 71.0 Å². The van der Waals surface area contributed by atoms with E-state index in [1.807, 2.05) is 0 Å². The molecule has 5 rings (SSSR count). The smallest absolute Gasteiger partial charge is 0.220 e. The van der Waals surface area contributed by atoms with Crippen molar-refractivity contribution in [2.45, 2.75) is 71.4 Å². The lowest BCUT2D eigenvalue weighted by atomic mass is 9.58. The molecule has 2 aliphatic heterocycles. The van der Waals surface area contributed by atoms with Crippen LogP contribution >= 0.6 is 0 Å². The normalized spacial score (nSPS) is 34.5. The van der Waals surface area contributed by atoms with E-state index in [1.54, 1.807) is 7.11 Å². The second kappa shape index (κ2) is 8.12. The Morgan fingerprint density at radius 3 is 2.81 bits per heavy atom. The molecule has 32 heavy (non-hydrogen) atoms. The van der Waals surface area contributed by atoms with Crippen molar-refractivity contribution in [1.82, 2.24) is 5.32 Å². The van der Waals surface area contributed by atoms with E-state index in [0.717, 1.165) is 37.0 Å². The number of hydrogen-bond donors (Lipinski definition) is 1. The maximum absolute atomic E-state index is 12.7. The Hall–Kier alpha value is -1.95. The van der Waals surface area contributed by atoms with Gasteiger partial charge in [0, 0.05) is 25.5 Å². The first-order valence-corrected chi connectivity index (χ1v) is 12.3. The number of fused-ring (bicyclic) bond motifs is 2. The van der Waals surface area contributed by atoms with Gasteiger partial charge in [0.1, 0.15) is 0 Å². The summed E-state index contributed by atoms with van der Waals surface area (Å²) in [5.74, 6) is 3.29. The quantitative estimate of drug-likeness (QED) is 0.717. The van der Waals surface area contributed by atoms with Crippen LogP contribution in [0, 0.1) is 22.7 Å². The molecule has 5 atom stereocenters. The van der Waals surface area contributed by atoms with Crippen molar-refractivity contribution in [3.05, 3.63) is 17.7 Å². The Balaban J connectivity index is 1.50. The van der Waals surface area contributed by atoms with Crippen LogP contribution < -0.4 is 19.5 Å². The molecule has 1 N–H and O–H groups in total. The molecule has 6 nitrogen and oxygen atoms in total. The van der Waals surface area contributed by atoms with E-state index in [2.05, 4.69) is 38.2 Å². The fourth-order valence-electron chi connectivity index (χ4n) is 7.15. The van der Waals surface area contributed by atoms with E-state index in [0.29, 0.717) is 49.6 Å². The summed E-state index contributed by atoms with van der Waals surface area (Å²) in [6.45, 7) is 8.74. The lowest BCUT2D eigenvalue weighted by molar-refractivity contribution is -0.137. The summed E-state index contributed by atoms with van der Waals surface area (Å²) < 4.78 is 24.1. The minimum atomic E-state index is -0.0264. The molecule has 2 saturated carbocycles. The third kappa shape index (κ3) is 3.28. The number of carbonyl (C=O) groups excluding carboxylic acids is 1. The van der Waals surface area contributed by atoms with Crippen LogP contribution in [0.5, 0.6) is 17.2 Å². The molecule has 176 valence electrons. The molecule has 0 unspecified atom stereocenters. The molecule has 1 aromatic carbocycles. The molecule has 1 spiro atoms. The SMILES string of the molecule is CCCC(=O)N[C@H]1C(C)(C)[C@@H]2C[C@@H]3[C@@H](c4cc(OC)c5c(c4)OCCCO5)OCC[C@@]31C2. The van der Waals surface area contributed by atoms with Crippen molar-refractivity contribution in [1.29, 1.82) is 0 Å². The lowest BCUT2D eigenvalue weighted by Crippen LogP contribution is -2.58. The van der Waals surface area contributed by atoms with Gasteiger partial charge in [-0.2, -0.15) is 0 Å². The third-order valence-electron chi connectivity index (χ3n) is 8.67. The summed E-state index contributed by atoms with van der Waals surface area (Å²) in [7, 11) is 1.68. The maximum Gasteiger partial charge on any atom is 0.220 e. The number of methoxy groups -OCH3 is 1. The van der Waals surface area contributed by atoms with E-state index in [-0.39, 0.29) is 28.9 Å². The van der Waals surface area contributed by atoms with E-state index in [4.69, 9.17) is 18.9 Å². The fourth-order valence-corrected chi connectivity index (χ4v) is 7.15. The summed E-state index contributed by atoms with van der Waals surface area (Å²) in [5.41, 5.74) is 1.28. The third-order valence-corrected chi connectivity index (χ3v) is 8.67. The number of rotatable bonds is 5. The zero-order valence-corrected chi connectivity index (χ0v) is 19.9. The summed E-state index contributed by atoms with van der Waals surface area (Å²) in [4.78, 5) is 12.7. The second-order valence-corrected chi connectivity index (χ2v) is 10.7. The molecule has 3 fully saturated rings. The molecular formula is C26H37NO5. The van der Waals surface area contributed by atoms with Gasteiger partial charge in [-0.25, -0.2) is 0 Å². The Morgan fingerprint density at radius 1 is 1.22 bits per heavy atom. The van der Waals surface area contributed by atoms with Gasteiger partial charge in [-0.05, 0) is 66.0 Å². The Bertz CT molecular complexity index is 883. The molecule has 2 aliphatic carbocycles. The molecule has 1 amide bonds. The largest absolute Gasteiger partial charge is 0.493 e.